The molecule has 0 aromatic heterocycles. The molecule has 1 aliphatic rings. The Morgan fingerprint density at radius 2 is 1.65 bits per heavy atom. The zero-order chi connectivity index (χ0) is 18.7. The third-order valence-electron chi connectivity index (χ3n) is 5.75. The third-order valence-corrected chi connectivity index (χ3v) is 11.0. The smallest absolute Gasteiger partial charge is 0.250 e. The van der Waals surface area contributed by atoms with Gasteiger partial charge in [-0.1, -0.05) is 74.3 Å². The highest BCUT2D eigenvalue weighted by Crippen LogP contribution is 2.42. The molecule has 0 bridgehead atoms. The summed E-state index contributed by atoms with van der Waals surface area (Å²) >= 11 is 12.4. The highest BCUT2D eigenvalue weighted by atomic mass is 35.5. The molecule has 0 heterocycles. The fourth-order valence-electron chi connectivity index (χ4n) is 3.83. The summed E-state index contributed by atoms with van der Waals surface area (Å²) in [6.45, 7) is 6.81. The second-order valence-electron chi connectivity index (χ2n) is 6.96. The first-order chi connectivity index (χ1) is 12.5. The standard InChI is InChI=1S/C22H26Cl2OSi/c1-4-26(5-2,6-3)25-22-14-12-17(18-9-7-8-10-19(18)22)16-11-13-20(23)21(24)15-16/h7-11,13-15,17H,4-6,12H2,1-3H3. The van der Waals surface area contributed by atoms with Crippen LogP contribution in [0.3, 0.4) is 0 Å². The van der Waals surface area contributed by atoms with Gasteiger partial charge in [0.15, 0.2) is 0 Å². The molecule has 0 saturated carbocycles. The largest absolute Gasteiger partial charge is 0.543 e. The van der Waals surface area contributed by atoms with Gasteiger partial charge in [0.1, 0.15) is 5.76 Å². The van der Waals surface area contributed by atoms with E-state index in [0.29, 0.717) is 10.0 Å². The predicted molar refractivity (Wildman–Crippen MR) is 116 cm³/mol. The monoisotopic (exact) mass is 404 g/mol. The average molecular weight is 405 g/mol. The minimum absolute atomic E-state index is 0.286. The van der Waals surface area contributed by atoms with Gasteiger partial charge in [-0.2, -0.15) is 0 Å². The molecule has 1 nitrogen and oxygen atoms in total. The van der Waals surface area contributed by atoms with E-state index in [2.05, 4.69) is 57.2 Å². The van der Waals surface area contributed by atoms with E-state index in [1.54, 1.807) is 0 Å². The lowest BCUT2D eigenvalue weighted by Crippen LogP contribution is -2.35. The molecule has 2 aromatic rings. The molecule has 4 heteroatoms. The summed E-state index contributed by atoms with van der Waals surface area (Å²) in [5.41, 5.74) is 3.74. The number of hydrogen-bond donors (Lipinski definition) is 0. The van der Waals surface area contributed by atoms with Gasteiger partial charge in [-0.05, 0) is 53.9 Å². The normalized spacial score (nSPS) is 16.8. The van der Waals surface area contributed by atoms with E-state index >= 15 is 0 Å². The average Bonchev–Trinajstić information content (AvgIpc) is 2.68. The summed E-state index contributed by atoms with van der Waals surface area (Å²) in [4.78, 5) is 0. The molecule has 0 saturated heterocycles. The lowest BCUT2D eigenvalue weighted by atomic mass is 9.82. The highest BCUT2D eigenvalue weighted by molar-refractivity contribution is 6.74. The Labute approximate surface area is 168 Å². The van der Waals surface area contributed by atoms with Crippen molar-refractivity contribution in [3.8, 4) is 0 Å². The first-order valence-corrected chi connectivity index (χ1v) is 12.8. The van der Waals surface area contributed by atoms with E-state index in [-0.39, 0.29) is 5.92 Å². The van der Waals surface area contributed by atoms with Crippen LogP contribution in [0, 0.1) is 0 Å². The number of allylic oxidation sites excluding steroid dienone is 1. The Kier molecular flexibility index (Phi) is 6.16. The van der Waals surface area contributed by atoms with Gasteiger partial charge in [0.05, 0.1) is 10.0 Å². The molecular weight excluding hydrogens is 379 g/mol. The maximum absolute atomic E-state index is 6.73. The molecule has 2 aromatic carbocycles. The van der Waals surface area contributed by atoms with E-state index in [4.69, 9.17) is 27.6 Å². The quantitative estimate of drug-likeness (QED) is 0.444. The SMILES string of the molecule is CC[Si](CC)(CC)OC1=CCC(c2ccc(Cl)c(Cl)c2)c2ccccc21. The molecule has 0 radical (unpaired) electrons. The molecule has 0 aliphatic heterocycles. The van der Waals surface area contributed by atoms with Crippen molar-refractivity contribution in [2.45, 2.75) is 51.2 Å². The minimum atomic E-state index is -1.70. The molecule has 3 rings (SSSR count). The Morgan fingerprint density at radius 3 is 2.31 bits per heavy atom. The van der Waals surface area contributed by atoms with Crippen LogP contribution in [0.15, 0.2) is 48.5 Å². The Hall–Kier alpha value is -1.22. The van der Waals surface area contributed by atoms with Gasteiger partial charge in [-0.15, -0.1) is 0 Å². The fraction of sp³-hybridized carbons (Fsp3) is 0.364. The molecule has 0 fully saturated rings. The Morgan fingerprint density at radius 1 is 0.962 bits per heavy atom. The fourth-order valence-corrected chi connectivity index (χ4v) is 6.73. The van der Waals surface area contributed by atoms with E-state index in [1.807, 2.05) is 12.1 Å². The molecule has 1 unspecified atom stereocenters. The maximum atomic E-state index is 6.73. The van der Waals surface area contributed by atoms with Crippen molar-refractivity contribution in [2.75, 3.05) is 0 Å². The molecule has 1 atom stereocenters. The second kappa shape index (κ2) is 8.20. The first-order valence-electron chi connectivity index (χ1n) is 9.47. The van der Waals surface area contributed by atoms with Gasteiger partial charge in [-0.25, -0.2) is 0 Å². The predicted octanol–water partition coefficient (Wildman–Crippen LogP) is 7.89. The summed E-state index contributed by atoms with van der Waals surface area (Å²) in [6.07, 6.45) is 3.20. The lowest BCUT2D eigenvalue weighted by molar-refractivity contribution is 0.483. The number of rotatable bonds is 6. The maximum Gasteiger partial charge on any atom is 0.250 e. The van der Waals surface area contributed by atoms with E-state index < -0.39 is 8.32 Å². The zero-order valence-corrected chi connectivity index (χ0v) is 18.2. The second-order valence-corrected chi connectivity index (χ2v) is 12.5. The number of hydrogen-bond acceptors (Lipinski definition) is 1. The van der Waals surface area contributed by atoms with Crippen LogP contribution in [-0.4, -0.2) is 8.32 Å². The van der Waals surface area contributed by atoms with E-state index in [9.17, 15) is 0 Å². The van der Waals surface area contributed by atoms with Gasteiger partial charge < -0.3 is 4.43 Å². The summed E-state index contributed by atoms with van der Waals surface area (Å²) in [6, 6.07) is 18.0. The van der Waals surface area contributed by atoms with Crippen LogP contribution >= 0.6 is 23.2 Å². The Bertz CT molecular complexity index is 803. The molecule has 1 aliphatic carbocycles. The molecule has 0 amide bonds. The third kappa shape index (κ3) is 3.74. The van der Waals surface area contributed by atoms with Crippen molar-refractivity contribution < 1.29 is 4.43 Å². The molecule has 0 N–H and O–H groups in total. The zero-order valence-electron chi connectivity index (χ0n) is 15.7. The van der Waals surface area contributed by atoms with Crippen molar-refractivity contribution >= 4 is 37.3 Å². The van der Waals surface area contributed by atoms with Gasteiger partial charge in [0.25, 0.3) is 0 Å². The van der Waals surface area contributed by atoms with Crippen LogP contribution in [-0.2, 0) is 4.43 Å². The van der Waals surface area contributed by atoms with Gasteiger partial charge >= 0.3 is 0 Å². The summed E-state index contributed by atoms with van der Waals surface area (Å²) < 4.78 is 6.73. The van der Waals surface area contributed by atoms with Crippen molar-refractivity contribution in [1.82, 2.24) is 0 Å². The van der Waals surface area contributed by atoms with Crippen LogP contribution in [0.5, 0.6) is 0 Å². The number of benzene rings is 2. The van der Waals surface area contributed by atoms with Crippen LogP contribution in [0.25, 0.3) is 5.76 Å². The molecule has 0 spiro atoms. The summed E-state index contributed by atoms with van der Waals surface area (Å²) in [5.74, 6) is 1.36. The molecule has 26 heavy (non-hydrogen) atoms. The van der Waals surface area contributed by atoms with Crippen molar-refractivity contribution in [3.05, 3.63) is 75.3 Å². The number of fused-ring (bicyclic) bond motifs is 1. The van der Waals surface area contributed by atoms with Gasteiger partial charge in [0.2, 0.25) is 8.32 Å². The van der Waals surface area contributed by atoms with Crippen LogP contribution in [0.1, 0.15) is 49.8 Å². The summed E-state index contributed by atoms with van der Waals surface area (Å²) in [5, 5.41) is 1.21. The Balaban J connectivity index is 1.98. The van der Waals surface area contributed by atoms with E-state index in [1.165, 1.54) is 16.7 Å². The van der Waals surface area contributed by atoms with Gasteiger partial charge in [0, 0.05) is 11.5 Å². The van der Waals surface area contributed by atoms with Gasteiger partial charge in [-0.3, -0.25) is 0 Å². The highest BCUT2D eigenvalue weighted by Gasteiger charge is 2.34. The topological polar surface area (TPSA) is 9.23 Å². The van der Waals surface area contributed by atoms with Crippen molar-refractivity contribution in [1.29, 1.82) is 0 Å². The first kappa shape index (κ1) is 19.5. The lowest BCUT2D eigenvalue weighted by Gasteiger charge is -2.34. The summed E-state index contributed by atoms with van der Waals surface area (Å²) in [7, 11) is -1.70. The minimum Gasteiger partial charge on any atom is -0.543 e. The molecule has 138 valence electrons. The van der Waals surface area contributed by atoms with Crippen LogP contribution in [0.2, 0.25) is 28.2 Å². The van der Waals surface area contributed by atoms with Crippen molar-refractivity contribution in [3.63, 3.8) is 0 Å². The van der Waals surface area contributed by atoms with Crippen LogP contribution in [0.4, 0.5) is 0 Å². The van der Waals surface area contributed by atoms with E-state index in [0.717, 1.165) is 30.3 Å². The van der Waals surface area contributed by atoms with Crippen LogP contribution < -0.4 is 0 Å². The number of halogens is 2. The van der Waals surface area contributed by atoms with Crippen molar-refractivity contribution in [2.24, 2.45) is 0 Å². The molecular formula is C22H26Cl2OSi.